The third-order valence-electron chi connectivity index (χ3n) is 5.59. The van der Waals surface area contributed by atoms with Crippen molar-refractivity contribution in [1.82, 2.24) is 10.2 Å². The number of rotatable bonds is 6. The highest BCUT2D eigenvalue weighted by atomic mass is 35.5. The molecule has 2 aliphatic heterocycles. The van der Waals surface area contributed by atoms with Gasteiger partial charge in [0, 0.05) is 43.3 Å². The molecule has 0 aromatic heterocycles. The fourth-order valence-corrected chi connectivity index (χ4v) is 4.02. The lowest BCUT2D eigenvalue weighted by molar-refractivity contribution is -0.142. The highest BCUT2D eigenvalue weighted by Gasteiger charge is 2.47. The van der Waals surface area contributed by atoms with E-state index in [0.29, 0.717) is 31.2 Å². The van der Waals surface area contributed by atoms with Gasteiger partial charge in [-0.15, -0.1) is 0 Å². The number of aliphatic carboxylic acids is 1. The van der Waals surface area contributed by atoms with Gasteiger partial charge in [0.25, 0.3) is 0 Å². The molecule has 0 radical (unpaired) electrons. The van der Waals surface area contributed by atoms with Crippen LogP contribution in [0.3, 0.4) is 0 Å². The lowest BCUT2D eigenvalue weighted by Crippen LogP contribution is -2.51. The van der Waals surface area contributed by atoms with Crippen LogP contribution >= 0.6 is 11.6 Å². The van der Waals surface area contributed by atoms with Crippen LogP contribution in [0, 0.1) is 6.92 Å². The summed E-state index contributed by atoms with van der Waals surface area (Å²) in [6.07, 6.45) is -0.826. The molecule has 3 rings (SSSR count). The van der Waals surface area contributed by atoms with Crippen LogP contribution < -0.4 is 10.2 Å². The number of Topliss-reactive ketones (excluding diaryl/α,β-unsaturated/α-hetero) is 1. The maximum absolute atomic E-state index is 12.6. The van der Waals surface area contributed by atoms with E-state index in [1.54, 1.807) is 4.90 Å². The molecule has 8 nitrogen and oxygen atoms in total. The van der Waals surface area contributed by atoms with E-state index in [1.807, 2.05) is 25.1 Å². The fraction of sp³-hybridized carbons (Fsp3) is 0.500. The number of aryl methyl sites for hydroxylation is 1. The minimum atomic E-state index is -1.47. The summed E-state index contributed by atoms with van der Waals surface area (Å²) in [6, 6.07) is 5.83. The van der Waals surface area contributed by atoms with Crippen LogP contribution in [0.1, 0.15) is 31.2 Å². The highest BCUT2D eigenvalue weighted by molar-refractivity contribution is 6.31. The number of hydrogen-bond acceptors (Lipinski definition) is 5. The average Bonchev–Trinajstić information content (AvgIpc) is 2.94. The summed E-state index contributed by atoms with van der Waals surface area (Å²) in [6.45, 7) is 4.35. The molecule has 2 N–H and O–H groups in total. The first-order valence-electron chi connectivity index (χ1n) is 9.55. The van der Waals surface area contributed by atoms with Crippen LogP contribution in [0.4, 0.5) is 5.69 Å². The lowest BCUT2D eigenvalue weighted by Gasteiger charge is -2.37. The predicted octanol–water partition coefficient (Wildman–Crippen LogP) is 1.38. The maximum atomic E-state index is 12.6. The number of ketones is 1. The SMILES string of the molecule is Cc1cc(N2CCN(C(=O)CCC3(CC(=O)O)NC(=O)CC3=O)CC2)ccc1Cl. The molecule has 1 atom stereocenters. The van der Waals surface area contributed by atoms with Gasteiger partial charge in [-0.3, -0.25) is 19.2 Å². The summed E-state index contributed by atoms with van der Waals surface area (Å²) >= 11 is 6.08. The van der Waals surface area contributed by atoms with Crippen molar-refractivity contribution >= 4 is 40.9 Å². The van der Waals surface area contributed by atoms with Gasteiger partial charge >= 0.3 is 5.97 Å². The second-order valence-electron chi connectivity index (χ2n) is 7.60. The highest BCUT2D eigenvalue weighted by Crippen LogP contribution is 2.27. The summed E-state index contributed by atoms with van der Waals surface area (Å²) in [7, 11) is 0. The normalized spacial score (nSPS) is 22.0. The van der Waals surface area contributed by atoms with Gasteiger partial charge in [-0.05, 0) is 37.1 Å². The van der Waals surface area contributed by atoms with Crippen LogP contribution in [0.15, 0.2) is 18.2 Å². The molecule has 0 bridgehead atoms. The lowest BCUT2D eigenvalue weighted by atomic mass is 9.86. The Morgan fingerprint density at radius 2 is 1.90 bits per heavy atom. The van der Waals surface area contributed by atoms with Gasteiger partial charge in [-0.25, -0.2) is 0 Å². The number of carbonyl (C=O) groups excluding carboxylic acids is 3. The van der Waals surface area contributed by atoms with Crippen LogP contribution in [0.5, 0.6) is 0 Å². The fourth-order valence-electron chi connectivity index (χ4n) is 3.91. The number of halogens is 1. The van der Waals surface area contributed by atoms with Crippen molar-refractivity contribution in [2.75, 3.05) is 31.1 Å². The van der Waals surface area contributed by atoms with Gasteiger partial charge in [-0.1, -0.05) is 11.6 Å². The average molecular weight is 422 g/mol. The molecule has 1 aromatic rings. The summed E-state index contributed by atoms with van der Waals surface area (Å²) in [4.78, 5) is 51.5. The molecule has 0 spiro atoms. The van der Waals surface area contributed by atoms with Crippen LogP contribution in [0.2, 0.25) is 5.02 Å². The van der Waals surface area contributed by atoms with Crippen molar-refractivity contribution in [3.8, 4) is 0 Å². The molecule has 1 aromatic carbocycles. The molecular formula is C20H24ClN3O5. The quantitative estimate of drug-likeness (QED) is 0.672. The molecule has 156 valence electrons. The number of anilines is 1. The third-order valence-corrected chi connectivity index (χ3v) is 6.02. The Kier molecular flexibility index (Phi) is 6.12. The Morgan fingerprint density at radius 3 is 2.45 bits per heavy atom. The van der Waals surface area contributed by atoms with Crippen molar-refractivity contribution in [2.45, 2.75) is 38.1 Å². The number of piperazine rings is 1. The zero-order chi connectivity index (χ0) is 21.2. The second kappa shape index (κ2) is 8.41. The van der Waals surface area contributed by atoms with Gasteiger partial charge in [0.2, 0.25) is 11.8 Å². The zero-order valence-electron chi connectivity index (χ0n) is 16.2. The van der Waals surface area contributed by atoms with E-state index < -0.39 is 29.6 Å². The number of nitrogens with zero attached hydrogens (tertiary/aromatic N) is 2. The van der Waals surface area contributed by atoms with Crippen LogP contribution in [-0.4, -0.2) is 65.3 Å². The Balaban J connectivity index is 1.56. The van der Waals surface area contributed by atoms with E-state index in [4.69, 9.17) is 16.7 Å². The van der Waals surface area contributed by atoms with Gasteiger partial charge in [0.15, 0.2) is 5.78 Å². The first-order valence-corrected chi connectivity index (χ1v) is 9.93. The number of nitrogens with one attached hydrogen (secondary N) is 1. The van der Waals surface area contributed by atoms with Crippen molar-refractivity contribution in [3.63, 3.8) is 0 Å². The molecule has 2 saturated heterocycles. The van der Waals surface area contributed by atoms with Crippen LogP contribution in [-0.2, 0) is 19.2 Å². The molecule has 2 aliphatic rings. The number of benzene rings is 1. The number of carboxylic acids is 1. The molecule has 2 fully saturated rings. The van der Waals surface area contributed by atoms with Gasteiger partial charge in [-0.2, -0.15) is 0 Å². The van der Waals surface area contributed by atoms with E-state index in [2.05, 4.69) is 10.2 Å². The summed E-state index contributed by atoms with van der Waals surface area (Å²) in [5, 5.41) is 12.3. The number of hydrogen-bond donors (Lipinski definition) is 2. The first kappa shape index (κ1) is 21.1. The Morgan fingerprint density at radius 1 is 1.21 bits per heavy atom. The minimum absolute atomic E-state index is 0.000694. The largest absolute Gasteiger partial charge is 0.481 e. The Hall–Kier alpha value is -2.61. The van der Waals surface area contributed by atoms with Gasteiger partial charge in [0.1, 0.15) is 5.54 Å². The molecular weight excluding hydrogens is 398 g/mol. The summed E-state index contributed by atoms with van der Waals surface area (Å²) in [5.74, 6) is -2.27. The smallest absolute Gasteiger partial charge is 0.306 e. The topological polar surface area (TPSA) is 107 Å². The molecule has 29 heavy (non-hydrogen) atoms. The van der Waals surface area contributed by atoms with Crippen LogP contribution in [0.25, 0.3) is 0 Å². The summed E-state index contributed by atoms with van der Waals surface area (Å²) in [5.41, 5.74) is 0.578. The standard InChI is InChI=1S/C20H24ClN3O5/c1-13-10-14(2-3-15(13)21)23-6-8-24(9-7-23)18(27)4-5-20(12-19(28)29)16(25)11-17(26)22-20/h2-3,10H,4-9,11-12H2,1H3,(H,22,26)(H,28,29). The van der Waals surface area contributed by atoms with E-state index in [0.717, 1.165) is 11.3 Å². The van der Waals surface area contributed by atoms with Crippen molar-refractivity contribution in [3.05, 3.63) is 28.8 Å². The summed E-state index contributed by atoms with van der Waals surface area (Å²) < 4.78 is 0. The van der Waals surface area contributed by atoms with Crippen molar-refractivity contribution in [1.29, 1.82) is 0 Å². The van der Waals surface area contributed by atoms with E-state index >= 15 is 0 Å². The van der Waals surface area contributed by atoms with Crippen molar-refractivity contribution in [2.24, 2.45) is 0 Å². The first-order chi connectivity index (χ1) is 13.7. The zero-order valence-corrected chi connectivity index (χ0v) is 17.0. The Labute approximate surface area is 173 Å². The molecule has 2 heterocycles. The van der Waals surface area contributed by atoms with E-state index in [-0.39, 0.29) is 25.2 Å². The number of carboxylic acid groups (broad SMARTS) is 1. The molecule has 0 saturated carbocycles. The van der Waals surface area contributed by atoms with Gasteiger partial charge < -0.3 is 20.2 Å². The molecule has 1 unspecified atom stereocenters. The number of carbonyl (C=O) groups is 4. The van der Waals surface area contributed by atoms with E-state index in [9.17, 15) is 19.2 Å². The third kappa shape index (κ3) is 4.70. The van der Waals surface area contributed by atoms with Crippen molar-refractivity contribution < 1.29 is 24.3 Å². The van der Waals surface area contributed by atoms with E-state index in [1.165, 1.54) is 0 Å². The monoisotopic (exact) mass is 421 g/mol. The maximum Gasteiger partial charge on any atom is 0.306 e. The molecule has 0 aliphatic carbocycles. The minimum Gasteiger partial charge on any atom is -0.481 e. The second-order valence-corrected chi connectivity index (χ2v) is 8.01. The Bertz CT molecular complexity index is 851. The molecule has 2 amide bonds. The number of amides is 2. The predicted molar refractivity (Wildman–Crippen MR) is 107 cm³/mol. The molecule has 9 heteroatoms. The van der Waals surface area contributed by atoms with Gasteiger partial charge in [0.05, 0.1) is 12.8 Å².